The van der Waals surface area contributed by atoms with Crippen LogP contribution in [-0.4, -0.2) is 53.4 Å². The number of anilines is 2. The lowest BCUT2D eigenvalue weighted by molar-refractivity contribution is -0.138. The molecule has 8 nitrogen and oxygen atoms in total. The lowest BCUT2D eigenvalue weighted by atomic mass is 9.94. The van der Waals surface area contributed by atoms with E-state index in [1.54, 1.807) is 36.3 Å². The number of hydrogen-bond acceptors (Lipinski definition) is 8. The maximum Gasteiger partial charge on any atom is 0.422 e. The van der Waals surface area contributed by atoms with Gasteiger partial charge in [0, 0.05) is 36.0 Å². The van der Waals surface area contributed by atoms with Gasteiger partial charge in [-0.2, -0.15) is 23.4 Å². The van der Waals surface area contributed by atoms with Crippen molar-refractivity contribution in [2.45, 2.75) is 44.9 Å². The van der Waals surface area contributed by atoms with Gasteiger partial charge in [0.1, 0.15) is 27.6 Å². The van der Waals surface area contributed by atoms with Crippen LogP contribution >= 0.6 is 11.3 Å². The van der Waals surface area contributed by atoms with Crippen molar-refractivity contribution in [2.24, 2.45) is 5.92 Å². The van der Waals surface area contributed by atoms with Crippen LogP contribution in [0.15, 0.2) is 29.9 Å². The van der Waals surface area contributed by atoms with Gasteiger partial charge in [0.15, 0.2) is 0 Å². The average Bonchev–Trinajstić information content (AvgIpc) is 3.47. The quantitative estimate of drug-likeness (QED) is 0.449. The van der Waals surface area contributed by atoms with Gasteiger partial charge in [-0.05, 0) is 58.3 Å². The molecule has 1 fully saturated rings. The monoisotopic (exact) mass is 546 g/mol. The van der Waals surface area contributed by atoms with Crippen molar-refractivity contribution >= 4 is 28.6 Å². The van der Waals surface area contributed by atoms with Gasteiger partial charge >= 0.3 is 6.18 Å². The Bertz CT molecular complexity index is 1330. The fraction of sp³-hybridized carbons (Fsp3) is 0.462. The predicted octanol–water partition coefficient (Wildman–Crippen LogP) is 5.02. The molecule has 0 aliphatic carbocycles. The molecular formula is C26H29F3N6O2S. The standard InChI is InChI=1S/C26H29F3N6O2S/c1-25(2)10-17-9-18(33-23(36)19-14-38-24(34-19)16-6-7-31-32-12-16)21(20(22(17)37-25)26(27,28)29)35-8-4-5-15(13-35)11-30-3/h6-7,9,12,14-15,30H,4-5,8,10-11,13H2,1-3H3,(H,33,36)/t15-/m0/s1. The minimum Gasteiger partial charge on any atom is -0.487 e. The summed E-state index contributed by atoms with van der Waals surface area (Å²) in [6.45, 7) is 5.11. The number of nitrogens with zero attached hydrogens (tertiary/aromatic N) is 4. The highest BCUT2D eigenvalue weighted by molar-refractivity contribution is 7.13. The number of benzene rings is 1. The lowest BCUT2D eigenvalue weighted by Crippen LogP contribution is -2.40. The summed E-state index contributed by atoms with van der Waals surface area (Å²) in [5, 5.41) is 15.6. The van der Waals surface area contributed by atoms with Crippen molar-refractivity contribution in [2.75, 3.05) is 36.9 Å². The third-order valence-electron chi connectivity index (χ3n) is 6.75. The summed E-state index contributed by atoms with van der Waals surface area (Å²) in [6, 6.07) is 3.36. The summed E-state index contributed by atoms with van der Waals surface area (Å²) in [6.07, 6.45) is 0.339. The molecule has 0 spiro atoms. The Hall–Kier alpha value is -3.25. The molecule has 2 aromatic heterocycles. The Morgan fingerprint density at radius 3 is 2.84 bits per heavy atom. The number of thiazole rings is 1. The van der Waals surface area contributed by atoms with Crippen LogP contribution in [0.25, 0.3) is 10.6 Å². The van der Waals surface area contributed by atoms with Gasteiger partial charge in [-0.15, -0.1) is 11.3 Å². The number of halogens is 3. The van der Waals surface area contributed by atoms with Crippen molar-refractivity contribution in [1.82, 2.24) is 20.5 Å². The molecule has 3 aromatic rings. The first-order chi connectivity index (χ1) is 18.1. The van der Waals surface area contributed by atoms with Crippen LogP contribution < -0.4 is 20.3 Å². The first-order valence-corrected chi connectivity index (χ1v) is 13.3. The summed E-state index contributed by atoms with van der Waals surface area (Å²) < 4.78 is 50.1. The molecule has 12 heteroatoms. The third kappa shape index (κ3) is 5.32. The summed E-state index contributed by atoms with van der Waals surface area (Å²) >= 11 is 1.25. The number of rotatable bonds is 6. The van der Waals surface area contributed by atoms with E-state index in [1.807, 2.05) is 7.05 Å². The molecule has 4 heterocycles. The van der Waals surface area contributed by atoms with Gasteiger partial charge in [0.05, 0.1) is 23.8 Å². The highest BCUT2D eigenvalue weighted by atomic mass is 32.1. The zero-order chi connectivity index (χ0) is 27.1. The molecule has 1 amide bonds. The van der Waals surface area contributed by atoms with Crippen LogP contribution in [0.2, 0.25) is 0 Å². The van der Waals surface area contributed by atoms with E-state index in [-0.39, 0.29) is 28.7 Å². The topological polar surface area (TPSA) is 92.3 Å². The van der Waals surface area contributed by atoms with Crippen LogP contribution in [0.5, 0.6) is 5.75 Å². The SMILES string of the molecule is CNC[C@@H]1CCCN(c2c(NC(=O)c3csc(-c4ccnnc4)n3)cc3c(c2C(F)(F)F)OC(C)(C)C3)C1. The lowest BCUT2D eigenvalue weighted by Gasteiger charge is -2.37. The zero-order valence-electron chi connectivity index (χ0n) is 21.4. The fourth-order valence-corrected chi connectivity index (χ4v) is 6.05. The van der Waals surface area contributed by atoms with Gasteiger partial charge in [0.2, 0.25) is 0 Å². The molecule has 5 rings (SSSR count). The second kappa shape index (κ2) is 10.1. The van der Waals surface area contributed by atoms with E-state index in [0.29, 0.717) is 42.2 Å². The molecule has 0 unspecified atom stereocenters. The highest BCUT2D eigenvalue weighted by Crippen LogP contribution is 2.52. The first-order valence-electron chi connectivity index (χ1n) is 12.5. The normalized spacial score (nSPS) is 18.7. The predicted molar refractivity (Wildman–Crippen MR) is 140 cm³/mol. The van der Waals surface area contributed by atoms with Crippen LogP contribution in [-0.2, 0) is 12.6 Å². The Balaban J connectivity index is 1.57. The number of fused-ring (bicyclic) bond motifs is 1. The van der Waals surface area contributed by atoms with Crippen LogP contribution in [0.3, 0.4) is 0 Å². The summed E-state index contributed by atoms with van der Waals surface area (Å²) in [4.78, 5) is 19.4. The van der Waals surface area contributed by atoms with Crippen molar-refractivity contribution in [1.29, 1.82) is 0 Å². The molecule has 2 N–H and O–H groups in total. The number of carbonyl (C=O) groups is 1. The van der Waals surface area contributed by atoms with Gasteiger partial charge in [-0.25, -0.2) is 4.98 Å². The average molecular weight is 547 g/mol. The van der Waals surface area contributed by atoms with Crippen molar-refractivity contribution in [3.63, 3.8) is 0 Å². The molecule has 38 heavy (non-hydrogen) atoms. The Morgan fingerprint density at radius 1 is 1.32 bits per heavy atom. The molecule has 0 bridgehead atoms. The van der Waals surface area contributed by atoms with E-state index >= 15 is 0 Å². The van der Waals surface area contributed by atoms with Gasteiger partial charge in [-0.1, -0.05) is 0 Å². The Kier molecular flexibility index (Phi) is 7.03. The minimum atomic E-state index is -4.68. The minimum absolute atomic E-state index is 0.0445. The summed E-state index contributed by atoms with van der Waals surface area (Å²) in [5.74, 6) is -0.544. The molecule has 1 aromatic carbocycles. The Labute approximate surface area is 222 Å². The van der Waals surface area contributed by atoms with E-state index in [0.717, 1.165) is 12.8 Å². The van der Waals surface area contributed by atoms with Crippen molar-refractivity contribution in [3.8, 4) is 16.3 Å². The maximum atomic E-state index is 14.7. The number of ether oxygens (including phenoxy) is 1. The maximum absolute atomic E-state index is 14.7. The van der Waals surface area contributed by atoms with Crippen LogP contribution in [0.4, 0.5) is 24.5 Å². The molecule has 0 radical (unpaired) electrons. The van der Waals surface area contributed by atoms with Crippen LogP contribution in [0.1, 0.15) is 48.3 Å². The number of alkyl halides is 3. The molecule has 2 aliphatic heterocycles. The molecule has 202 valence electrons. The number of hydrogen-bond donors (Lipinski definition) is 2. The molecule has 2 aliphatic rings. The molecule has 0 saturated carbocycles. The summed E-state index contributed by atoms with van der Waals surface area (Å²) in [5.41, 5.74) is -0.310. The van der Waals surface area contributed by atoms with Gasteiger partial charge in [0.25, 0.3) is 5.91 Å². The van der Waals surface area contributed by atoms with E-state index in [2.05, 4.69) is 25.8 Å². The third-order valence-corrected chi connectivity index (χ3v) is 7.64. The van der Waals surface area contributed by atoms with E-state index in [4.69, 9.17) is 4.74 Å². The number of aromatic nitrogens is 3. The van der Waals surface area contributed by atoms with Gasteiger partial charge in [-0.3, -0.25) is 4.79 Å². The molecule has 1 saturated heterocycles. The Morgan fingerprint density at radius 2 is 2.13 bits per heavy atom. The highest BCUT2D eigenvalue weighted by Gasteiger charge is 2.46. The van der Waals surface area contributed by atoms with E-state index in [9.17, 15) is 18.0 Å². The number of amides is 1. The zero-order valence-corrected chi connectivity index (χ0v) is 22.2. The first kappa shape index (κ1) is 26.4. The van der Waals surface area contributed by atoms with Crippen molar-refractivity contribution < 1.29 is 22.7 Å². The smallest absolute Gasteiger partial charge is 0.422 e. The van der Waals surface area contributed by atoms with Crippen LogP contribution in [0, 0.1) is 5.92 Å². The van der Waals surface area contributed by atoms with E-state index < -0.39 is 23.2 Å². The number of carbonyl (C=O) groups excluding carboxylic acids is 1. The fourth-order valence-electron chi connectivity index (χ4n) is 5.25. The second-order valence-corrected chi connectivity index (χ2v) is 11.2. The molecular weight excluding hydrogens is 517 g/mol. The van der Waals surface area contributed by atoms with E-state index in [1.165, 1.54) is 23.7 Å². The largest absolute Gasteiger partial charge is 0.487 e. The van der Waals surface area contributed by atoms with Gasteiger partial charge < -0.3 is 20.3 Å². The second-order valence-electron chi connectivity index (χ2n) is 10.3. The summed E-state index contributed by atoms with van der Waals surface area (Å²) in [7, 11) is 1.83. The van der Waals surface area contributed by atoms with Crippen molar-refractivity contribution in [3.05, 3.63) is 46.7 Å². The number of nitrogens with one attached hydrogen (secondary N) is 2. The number of piperidine rings is 1. The molecule has 1 atom stereocenters.